The largest absolute Gasteiger partial charge is 0.349 e. The molecule has 0 saturated heterocycles. The van der Waals surface area contributed by atoms with Crippen LogP contribution in [0.3, 0.4) is 0 Å². The lowest BCUT2D eigenvalue weighted by Gasteiger charge is -2.32. The van der Waals surface area contributed by atoms with E-state index in [1.54, 1.807) is 6.07 Å². The molecule has 1 aromatic heterocycles. The second-order valence-corrected chi connectivity index (χ2v) is 5.93. The summed E-state index contributed by atoms with van der Waals surface area (Å²) < 4.78 is 0.955. The number of hydrogen-bond donors (Lipinski definition) is 2. The summed E-state index contributed by atoms with van der Waals surface area (Å²) in [6.07, 6.45) is 1.67. The lowest BCUT2D eigenvalue weighted by Crippen LogP contribution is -2.50. The molecule has 1 aliphatic carbocycles. The van der Waals surface area contributed by atoms with Crippen molar-refractivity contribution in [2.45, 2.75) is 24.9 Å². The fraction of sp³-hybridized carbons (Fsp3) is 0.444. The Balaban J connectivity index is 1.99. The summed E-state index contributed by atoms with van der Waals surface area (Å²) >= 11 is 12.8. The highest BCUT2D eigenvalue weighted by atomic mass is 35.5. The molecule has 0 spiro atoms. The summed E-state index contributed by atoms with van der Waals surface area (Å²) in [5.41, 5.74) is 6.07. The van der Waals surface area contributed by atoms with Gasteiger partial charge in [-0.3, -0.25) is 4.79 Å². The summed E-state index contributed by atoms with van der Waals surface area (Å²) in [6.45, 7) is 0. The van der Waals surface area contributed by atoms with Gasteiger partial charge in [0, 0.05) is 12.1 Å². The van der Waals surface area contributed by atoms with Crippen LogP contribution in [0, 0.1) is 0 Å². The zero-order valence-electron chi connectivity index (χ0n) is 7.80. The van der Waals surface area contributed by atoms with Gasteiger partial charge in [-0.05, 0) is 18.9 Å². The Bertz CT molecular complexity index is 387. The first-order valence-corrected chi connectivity index (χ1v) is 6.15. The molecule has 0 unspecified atom stereocenters. The van der Waals surface area contributed by atoms with Crippen molar-refractivity contribution in [3.63, 3.8) is 0 Å². The molecule has 1 fully saturated rings. The minimum absolute atomic E-state index is 0.167. The molecule has 3 N–H and O–H groups in total. The predicted molar refractivity (Wildman–Crippen MR) is 62.8 cm³/mol. The standard InChI is InChI=1S/C9H10Cl2N2OS/c10-7-3-6(8(11)15-7)9(14)13-5-1-4(12)2-5/h3-5H,1-2,12H2,(H,13,14). The molecule has 0 aromatic carbocycles. The van der Waals surface area contributed by atoms with Crippen LogP contribution in [-0.4, -0.2) is 18.0 Å². The molecule has 3 nitrogen and oxygen atoms in total. The zero-order chi connectivity index (χ0) is 11.0. The van der Waals surface area contributed by atoms with Crippen LogP contribution in [0.1, 0.15) is 23.2 Å². The van der Waals surface area contributed by atoms with E-state index in [2.05, 4.69) is 5.32 Å². The van der Waals surface area contributed by atoms with Crippen molar-refractivity contribution in [3.8, 4) is 0 Å². The lowest BCUT2D eigenvalue weighted by molar-refractivity contribution is 0.0911. The number of halogens is 2. The van der Waals surface area contributed by atoms with Crippen LogP contribution >= 0.6 is 34.5 Å². The van der Waals surface area contributed by atoms with E-state index in [0.29, 0.717) is 14.2 Å². The molecule has 1 amide bonds. The minimum Gasteiger partial charge on any atom is -0.349 e. The van der Waals surface area contributed by atoms with E-state index in [1.165, 1.54) is 11.3 Å². The highest BCUT2D eigenvalue weighted by Gasteiger charge is 2.28. The van der Waals surface area contributed by atoms with Gasteiger partial charge in [0.2, 0.25) is 0 Å². The molecule has 0 aliphatic heterocycles. The Morgan fingerprint density at radius 3 is 2.67 bits per heavy atom. The van der Waals surface area contributed by atoms with Gasteiger partial charge in [-0.25, -0.2) is 0 Å². The van der Waals surface area contributed by atoms with Gasteiger partial charge in [0.1, 0.15) is 4.34 Å². The molecule has 1 heterocycles. The van der Waals surface area contributed by atoms with Crippen LogP contribution in [0.25, 0.3) is 0 Å². The maximum Gasteiger partial charge on any atom is 0.253 e. The number of nitrogens with two attached hydrogens (primary N) is 1. The summed E-state index contributed by atoms with van der Waals surface area (Å²) in [5, 5.41) is 2.86. The molecular weight excluding hydrogens is 255 g/mol. The van der Waals surface area contributed by atoms with E-state index >= 15 is 0 Å². The topological polar surface area (TPSA) is 55.1 Å². The van der Waals surface area contributed by atoms with Gasteiger partial charge < -0.3 is 11.1 Å². The molecule has 1 saturated carbocycles. The Kier molecular flexibility index (Phi) is 3.21. The predicted octanol–water partition coefficient (Wildman–Crippen LogP) is 2.27. The lowest BCUT2D eigenvalue weighted by atomic mass is 9.87. The van der Waals surface area contributed by atoms with Crippen LogP contribution < -0.4 is 11.1 Å². The van der Waals surface area contributed by atoms with Crippen molar-refractivity contribution in [2.24, 2.45) is 5.73 Å². The third-order valence-electron chi connectivity index (χ3n) is 2.41. The number of hydrogen-bond acceptors (Lipinski definition) is 3. The number of nitrogens with one attached hydrogen (secondary N) is 1. The van der Waals surface area contributed by atoms with E-state index < -0.39 is 0 Å². The molecule has 1 aromatic rings. The number of carbonyl (C=O) groups excluding carboxylic acids is 1. The van der Waals surface area contributed by atoms with Crippen molar-refractivity contribution >= 4 is 40.4 Å². The first kappa shape index (κ1) is 11.2. The normalized spacial score (nSPS) is 24.7. The van der Waals surface area contributed by atoms with Crippen molar-refractivity contribution < 1.29 is 4.79 Å². The third kappa shape index (κ3) is 2.45. The van der Waals surface area contributed by atoms with Gasteiger partial charge in [0.05, 0.1) is 9.90 Å². The zero-order valence-corrected chi connectivity index (χ0v) is 10.1. The SMILES string of the molecule is NC1CC(NC(=O)c2cc(Cl)sc2Cl)C1. The van der Waals surface area contributed by atoms with Crippen LogP contribution in [0.2, 0.25) is 8.67 Å². The van der Waals surface area contributed by atoms with Gasteiger partial charge in [0.25, 0.3) is 5.91 Å². The molecular formula is C9H10Cl2N2OS. The Hall–Kier alpha value is -0.290. The second kappa shape index (κ2) is 4.29. The van der Waals surface area contributed by atoms with E-state index in [9.17, 15) is 4.79 Å². The minimum atomic E-state index is -0.167. The van der Waals surface area contributed by atoms with Crippen molar-refractivity contribution in [1.82, 2.24) is 5.32 Å². The molecule has 15 heavy (non-hydrogen) atoms. The maximum absolute atomic E-state index is 11.7. The molecule has 2 rings (SSSR count). The number of rotatable bonds is 2. The summed E-state index contributed by atoms with van der Waals surface area (Å²) in [7, 11) is 0. The van der Waals surface area contributed by atoms with E-state index in [-0.39, 0.29) is 18.0 Å². The first-order valence-electron chi connectivity index (χ1n) is 4.57. The van der Waals surface area contributed by atoms with E-state index in [0.717, 1.165) is 12.8 Å². The Labute approximate surface area is 102 Å². The quantitative estimate of drug-likeness (QED) is 0.861. The molecule has 6 heteroatoms. The van der Waals surface area contributed by atoms with Gasteiger partial charge in [-0.15, -0.1) is 11.3 Å². The summed E-state index contributed by atoms with van der Waals surface area (Å²) in [6, 6.07) is 1.99. The monoisotopic (exact) mass is 264 g/mol. The highest BCUT2D eigenvalue weighted by molar-refractivity contribution is 7.20. The Morgan fingerprint density at radius 1 is 1.53 bits per heavy atom. The summed E-state index contributed by atoms with van der Waals surface area (Å²) in [5.74, 6) is -0.167. The molecule has 0 bridgehead atoms. The molecule has 82 valence electrons. The van der Waals surface area contributed by atoms with Crippen LogP contribution in [0.15, 0.2) is 6.07 Å². The van der Waals surface area contributed by atoms with Crippen LogP contribution in [-0.2, 0) is 0 Å². The maximum atomic E-state index is 11.7. The number of amides is 1. The first-order chi connectivity index (χ1) is 7.06. The van der Waals surface area contributed by atoms with Gasteiger partial charge in [-0.1, -0.05) is 23.2 Å². The van der Waals surface area contributed by atoms with Crippen molar-refractivity contribution in [2.75, 3.05) is 0 Å². The average Bonchev–Trinajstić information content (AvgIpc) is 2.42. The molecule has 0 radical (unpaired) electrons. The fourth-order valence-corrected chi connectivity index (χ4v) is 3.00. The average molecular weight is 265 g/mol. The third-order valence-corrected chi connectivity index (χ3v) is 3.90. The van der Waals surface area contributed by atoms with Gasteiger partial charge in [0.15, 0.2) is 0 Å². The smallest absolute Gasteiger partial charge is 0.253 e. The van der Waals surface area contributed by atoms with Crippen LogP contribution in [0.4, 0.5) is 0 Å². The Morgan fingerprint density at radius 2 is 2.20 bits per heavy atom. The van der Waals surface area contributed by atoms with Crippen LogP contribution in [0.5, 0.6) is 0 Å². The van der Waals surface area contributed by atoms with Crippen molar-refractivity contribution in [3.05, 3.63) is 20.3 Å². The van der Waals surface area contributed by atoms with E-state index in [1.807, 2.05) is 0 Å². The highest BCUT2D eigenvalue weighted by Crippen LogP contribution is 2.31. The number of carbonyl (C=O) groups is 1. The van der Waals surface area contributed by atoms with Gasteiger partial charge >= 0.3 is 0 Å². The van der Waals surface area contributed by atoms with E-state index in [4.69, 9.17) is 28.9 Å². The molecule has 0 atom stereocenters. The molecule has 1 aliphatic rings. The summed E-state index contributed by atoms with van der Waals surface area (Å²) in [4.78, 5) is 11.7. The fourth-order valence-electron chi connectivity index (χ4n) is 1.54. The second-order valence-electron chi connectivity index (χ2n) is 3.64. The number of thiophene rings is 1. The van der Waals surface area contributed by atoms with Gasteiger partial charge in [-0.2, -0.15) is 0 Å². The van der Waals surface area contributed by atoms with Crippen molar-refractivity contribution in [1.29, 1.82) is 0 Å².